The van der Waals surface area contributed by atoms with Gasteiger partial charge in [0.15, 0.2) is 0 Å². The van der Waals surface area contributed by atoms with E-state index in [4.69, 9.17) is 11.1 Å². The molecule has 1 aliphatic heterocycles. The molecular weight excluding hydrogens is 412 g/mol. The molecule has 0 saturated heterocycles. The monoisotopic (exact) mass is 444 g/mol. The Hall–Kier alpha value is -3.61. The van der Waals surface area contributed by atoms with Crippen molar-refractivity contribution < 1.29 is 4.79 Å². The second-order valence-electron chi connectivity index (χ2n) is 9.02. The molecule has 7 heteroatoms. The Balaban J connectivity index is 1.67. The lowest BCUT2D eigenvalue weighted by atomic mass is 9.88. The molecule has 2 aliphatic rings. The lowest BCUT2D eigenvalue weighted by molar-refractivity contribution is -0.129. The number of nitrogens with one attached hydrogen (secondary N) is 1. The van der Waals surface area contributed by atoms with E-state index in [2.05, 4.69) is 53.5 Å². The van der Waals surface area contributed by atoms with Crippen molar-refractivity contribution in [2.75, 3.05) is 27.2 Å². The molecule has 1 aliphatic carbocycles. The molecule has 0 atom stereocenters. The molecule has 33 heavy (non-hydrogen) atoms. The van der Waals surface area contributed by atoms with Gasteiger partial charge in [0.05, 0.1) is 23.6 Å². The summed E-state index contributed by atoms with van der Waals surface area (Å²) in [6.07, 6.45) is 8.32. The number of carbonyl (C=O) groups is 1. The minimum absolute atomic E-state index is 0.0924. The molecule has 0 spiro atoms. The van der Waals surface area contributed by atoms with Crippen molar-refractivity contribution in [2.45, 2.75) is 26.2 Å². The van der Waals surface area contributed by atoms with E-state index < -0.39 is 0 Å². The van der Waals surface area contributed by atoms with Gasteiger partial charge in [-0.25, -0.2) is 0 Å². The van der Waals surface area contributed by atoms with E-state index in [1.54, 1.807) is 25.2 Å². The number of hydrogen-bond acceptors (Lipinski definition) is 5. The predicted octanol–water partition coefficient (Wildman–Crippen LogP) is 3.32. The van der Waals surface area contributed by atoms with Crippen molar-refractivity contribution in [3.63, 3.8) is 0 Å². The van der Waals surface area contributed by atoms with Crippen LogP contribution < -0.4 is 5.73 Å². The van der Waals surface area contributed by atoms with Gasteiger partial charge in [-0.2, -0.15) is 5.10 Å². The Morgan fingerprint density at radius 2 is 1.88 bits per heavy atom. The summed E-state index contributed by atoms with van der Waals surface area (Å²) in [6, 6.07) is 8.39. The normalized spacial score (nSPS) is 17.4. The fourth-order valence-corrected chi connectivity index (χ4v) is 4.43. The third-order valence-electron chi connectivity index (χ3n) is 6.37. The minimum atomic E-state index is 0.0924. The van der Waals surface area contributed by atoms with Crippen molar-refractivity contribution in [1.82, 2.24) is 19.6 Å². The molecule has 7 nitrogen and oxygen atoms in total. The Bertz CT molecular complexity index is 1180. The van der Waals surface area contributed by atoms with Gasteiger partial charge in [-0.3, -0.25) is 14.9 Å². The average molecular weight is 445 g/mol. The van der Waals surface area contributed by atoms with Crippen molar-refractivity contribution in [3.05, 3.63) is 70.7 Å². The summed E-state index contributed by atoms with van der Waals surface area (Å²) < 4.78 is 1.87. The first-order chi connectivity index (χ1) is 15.8. The molecule has 3 N–H and O–H groups in total. The maximum absolute atomic E-state index is 12.2. The van der Waals surface area contributed by atoms with Gasteiger partial charge in [0.25, 0.3) is 0 Å². The average Bonchev–Trinajstić information content (AvgIpc) is 3.02. The number of amides is 1. The Labute approximate surface area is 195 Å². The molecule has 1 aromatic carbocycles. The van der Waals surface area contributed by atoms with Crippen molar-refractivity contribution in [3.8, 4) is 11.3 Å². The number of likely N-dealkylation sites (N-methyl/N-ethyl adjacent to an activating group) is 1. The lowest BCUT2D eigenvalue weighted by Crippen LogP contribution is -2.34. The van der Waals surface area contributed by atoms with Crippen LogP contribution in [-0.4, -0.2) is 58.4 Å². The third-order valence-corrected chi connectivity index (χ3v) is 6.37. The summed E-state index contributed by atoms with van der Waals surface area (Å²) in [5.74, 6) is 0.0924. The summed E-state index contributed by atoms with van der Waals surface area (Å²) in [7, 11) is 5.51. The lowest BCUT2D eigenvalue weighted by Gasteiger charge is -2.21. The zero-order valence-electron chi connectivity index (χ0n) is 19.9. The molecule has 0 radical (unpaired) electrons. The van der Waals surface area contributed by atoms with Crippen LogP contribution in [-0.2, 0) is 18.3 Å². The van der Waals surface area contributed by atoms with Gasteiger partial charge in [0.1, 0.15) is 0 Å². The number of benzene rings is 1. The van der Waals surface area contributed by atoms with Crippen LogP contribution in [0.3, 0.4) is 0 Å². The van der Waals surface area contributed by atoms with Gasteiger partial charge < -0.3 is 15.5 Å². The summed E-state index contributed by atoms with van der Waals surface area (Å²) in [4.78, 5) is 16.0. The van der Waals surface area contributed by atoms with E-state index in [9.17, 15) is 4.79 Å². The van der Waals surface area contributed by atoms with Gasteiger partial charge in [0.2, 0.25) is 5.91 Å². The topological polar surface area (TPSA) is 91.2 Å². The van der Waals surface area contributed by atoms with Crippen LogP contribution in [0, 0.1) is 5.41 Å². The quantitative estimate of drug-likeness (QED) is 0.757. The molecule has 0 fully saturated rings. The SMILES string of the molecule is CC1=CC(c2ccc(-c3c4c(nn3C)CC/C(=C/N)C4=N)cc2)=CN(CC(=O)N(C)C)CC1. The van der Waals surface area contributed by atoms with Crippen LogP contribution in [0.5, 0.6) is 0 Å². The molecular formula is C26H32N6O. The highest BCUT2D eigenvalue weighted by molar-refractivity contribution is 6.15. The predicted molar refractivity (Wildman–Crippen MR) is 133 cm³/mol. The number of aromatic nitrogens is 2. The van der Waals surface area contributed by atoms with E-state index in [1.165, 1.54) is 5.57 Å². The van der Waals surface area contributed by atoms with E-state index in [-0.39, 0.29) is 5.91 Å². The molecule has 2 aromatic rings. The number of rotatable bonds is 4. The minimum Gasteiger partial charge on any atom is -0.404 e. The zero-order valence-corrected chi connectivity index (χ0v) is 19.9. The maximum atomic E-state index is 12.2. The molecule has 1 amide bonds. The largest absolute Gasteiger partial charge is 0.404 e. The first-order valence-electron chi connectivity index (χ1n) is 11.3. The first-order valence-corrected chi connectivity index (χ1v) is 11.3. The number of hydrogen-bond donors (Lipinski definition) is 2. The fourth-order valence-electron chi connectivity index (χ4n) is 4.43. The van der Waals surface area contributed by atoms with Crippen molar-refractivity contribution in [1.29, 1.82) is 5.41 Å². The van der Waals surface area contributed by atoms with E-state index in [0.29, 0.717) is 12.3 Å². The number of fused-ring (bicyclic) bond motifs is 1. The number of allylic oxidation sites excluding steroid dienone is 3. The first kappa shape index (κ1) is 22.6. The Kier molecular flexibility index (Phi) is 6.22. The molecule has 172 valence electrons. The van der Waals surface area contributed by atoms with Gasteiger partial charge in [-0.15, -0.1) is 0 Å². The zero-order chi connectivity index (χ0) is 23.7. The van der Waals surface area contributed by atoms with Gasteiger partial charge in [0, 0.05) is 45.0 Å². The van der Waals surface area contributed by atoms with Gasteiger partial charge in [-0.05, 0) is 49.1 Å². The number of nitrogens with two attached hydrogens (primary N) is 1. The van der Waals surface area contributed by atoms with Crippen LogP contribution in [0.4, 0.5) is 0 Å². The Morgan fingerprint density at radius 3 is 2.55 bits per heavy atom. The smallest absolute Gasteiger partial charge is 0.241 e. The van der Waals surface area contributed by atoms with Crippen molar-refractivity contribution >= 4 is 17.2 Å². The van der Waals surface area contributed by atoms with Crippen LogP contribution in [0.15, 0.2) is 53.9 Å². The van der Waals surface area contributed by atoms with E-state index >= 15 is 0 Å². The summed E-state index contributed by atoms with van der Waals surface area (Å²) in [6.45, 7) is 3.33. The second kappa shape index (κ2) is 9.10. The van der Waals surface area contributed by atoms with E-state index in [0.717, 1.165) is 65.0 Å². The Morgan fingerprint density at radius 1 is 1.18 bits per heavy atom. The van der Waals surface area contributed by atoms with Crippen LogP contribution in [0.1, 0.15) is 36.6 Å². The highest BCUT2D eigenvalue weighted by atomic mass is 16.2. The fraction of sp³-hybridized carbons (Fsp3) is 0.346. The van der Waals surface area contributed by atoms with Crippen LogP contribution in [0.25, 0.3) is 16.8 Å². The standard InChI is InChI=1S/C26H32N6O/c1-17-11-12-32(16-23(33)30(2)3)15-21(13-17)18-5-7-19(8-6-18)26-24-22(29-31(26)4)10-9-20(14-27)25(24)28/h5-8,13-15,28H,9-12,16,27H2,1-4H3/b20-14-,28-25?. The molecule has 0 saturated carbocycles. The molecule has 1 aromatic heterocycles. The molecule has 2 heterocycles. The van der Waals surface area contributed by atoms with Gasteiger partial charge in [-0.1, -0.05) is 35.9 Å². The molecule has 0 bridgehead atoms. The second-order valence-corrected chi connectivity index (χ2v) is 9.02. The third kappa shape index (κ3) is 4.49. The molecule has 4 rings (SSSR count). The van der Waals surface area contributed by atoms with Crippen molar-refractivity contribution in [2.24, 2.45) is 12.8 Å². The summed E-state index contributed by atoms with van der Waals surface area (Å²) in [5.41, 5.74) is 14.4. The summed E-state index contributed by atoms with van der Waals surface area (Å²) in [5, 5.41) is 13.3. The van der Waals surface area contributed by atoms with Crippen LogP contribution >= 0.6 is 0 Å². The highest BCUT2D eigenvalue weighted by Crippen LogP contribution is 2.34. The number of aryl methyl sites for hydroxylation is 2. The maximum Gasteiger partial charge on any atom is 0.241 e. The van der Waals surface area contributed by atoms with Gasteiger partial charge >= 0.3 is 0 Å². The number of nitrogens with zero attached hydrogens (tertiary/aromatic N) is 4. The summed E-state index contributed by atoms with van der Waals surface area (Å²) >= 11 is 0. The molecule has 0 unspecified atom stereocenters. The van der Waals surface area contributed by atoms with E-state index in [1.807, 2.05) is 11.7 Å². The highest BCUT2D eigenvalue weighted by Gasteiger charge is 2.27. The number of carbonyl (C=O) groups excluding carboxylic acids is 1. The van der Waals surface area contributed by atoms with Crippen LogP contribution in [0.2, 0.25) is 0 Å².